The van der Waals surface area contributed by atoms with Crippen molar-refractivity contribution in [2.24, 2.45) is 0 Å². The molecule has 0 saturated carbocycles. The second-order valence-electron chi connectivity index (χ2n) is 4.70. The Morgan fingerprint density at radius 2 is 1.90 bits per heavy atom. The summed E-state index contributed by atoms with van der Waals surface area (Å²) in [4.78, 5) is 11.2. The van der Waals surface area contributed by atoms with Gasteiger partial charge in [0.2, 0.25) is 0 Å². The van der Waals surface area contributed by atoms with Gasteiger partial charge in [-0.3, -0.25) is 0 Å². The van der Waals surface area contributed by atoms with Crippen molar-refractivity contribution in [3.8, 4) is 5.75 Å². The molecule has 1 heterocycles. The maximum Gasteiger partial charge on any atom is 0.168 e. The molecule has 4 nitrogen and oxygen atoms in total. The van der Waals surface area contributed by atoms with Gasteiger partial charge in [0.1, 0.15) is 18.2 Å². The van der Waals surface area contributed by atoms with Gasteiger partial charge in [-0.15, -0.1) is 0 Å². The SMILES string of the molecule is CCN(CC)c1cc(C)nc(COc2cccc(Cl)c2)n1. The molecule has 0 unspecified atom stereocenters. The maximum absolute atomic E-state index is 5.94. The Morgan fingerprint density at radius 3 is 2.57 bits per heavy atom. The van der Waals surface area contributed by atoms with E-state index in [0.717, 1.165) is 30.4 Å². The molecule has 1 aromatic heterocycles. The zero-order chi connectivity index (χ0) is 15.2. The molecule has 5 heteroatoms. The van der Waals surface area contributed by atoms with E-state index >= 15 is 0 Å². The van der Waals surface area contributed by atoms with E-state index in [0.29, 0.717) is 17.5 Å². The second kappa shape index (κ2) is 7.27. The smallest absolute Gasteiger partial charge is 0.168 e. The van der Waals surface area contributed by atoms with Crippen LogP contribution in [-0.2, 0) is 6.61 Å². The van der Waals surface area contributed by atoms with Gasteiger partial charge in [0.05, 0.1) is 0 Å². The highest BCUT2D eigenvalue weighted by atomic mass is 35.5. The fourth-order valence-corrected chi connectivity index (χ4v) is 2.27. The van der Waals surface area contributed by atoms with Gasteiger partial charge >= 0.3 is 0 Å². The van der Waals surface area contributed by atoms with Gasteiger partial charge in [-0.2, -0.15) is 0 Å². The van der Waals surface area contributed by atoms with E-state index in [2.05, 4.69) is 28.7 Å². The van der Waals surface area contributed by atoms with E-state index in [1.807, 2.05) is 31.2 Å². The number of hydrogen-bond acceptors (Lipinski definition) is 4. The third kappa shape index (κ3) is 4.33. The molecular formula is C16H20ClN3O. The molecular weight excluding hydrogens is 286 g/mol. The van der Waals surface area contributed by atoms with Crippen molar-refractivity contribution < 1.29 is 4.74 Å². The van der Waals surface area contributed by atoms with Crippen molar-refractivity contribution in [2.45, 2.75) is 27.4 Å². The summed E-state index contributed by atoms with van der Waals surface area (Å²) in [5.74, 6) is 2.34. The number of hydrogen-bond donors (Lipinski definition) is 0. The lowest BCUT2D eigenvalue weighted by Gasteiger charge is -2.20. The first-order valence-corrected chi connectivity index (χ1v) is 7.48. The molecule has 0 spiro atoms. The number of ether oxygens (including phenoxy) is 1. The van der Waals surface area contributed by atoms with E-state index < -0.39 is 0 Å². The average molecular weight is 306 g/mol. The van der Waals surface area contributed by atoms with Crippen LogP contribution in [0, 0.1) is 6.92 Å². The van der Waals surface area contributed by atoms with Crippen LogP contribution in [-0.4, -0.2) is 23.1 Å². The van der Waals surface area contributed by atoms with E-state index in [4.69, 9.17) is 16.3 Å². The van der Waals surface area contributed by atoms with E-state index in [1.54, 1.807) is 6.07 Å². The molecule has 0 aliphatic heterocycles. The lowest BCUT2D eigenvalue weighted by atomic mass is 10.3. The maximum atomic E-state index is 5.94. The summed E-state index contributed by atoms with van der Waals surface area (Å²) in [5, 5.41) is 0.654. The van der Waals surface area contributed by atoms with Crippen molar-refractivity contribution in [1.29, 1.82) is 0 Å². The first-order valence-electron chi connectivity index (χ1n) is 7.10. The van der Waals surface area contributed by atoms with Crippen molar-refractivity contribution in [2.75, 3.05) is 18.0 Å². The van der Waals surface area contributed by atoms with Gasteiger partial charge in [0.25, 0.3) is 0 Å². The van der Waals surface area contributed by atoms with Crippen LogP contribution < -0.4 is 9.64 Å². The number of halogens is 1. The van der Waals surface area contributed by atoms with Gasteiger partial charge in [-0.05, 0) is 39.0 Å². The number of anilines is 1. The molecule has 0 aliphatic carbocycles. The van der Waals surface area contributed by atoms with Crippen LogP contribution in [0.2, 0.25) is 5.02 Å². The zero-order valence-corrected chi connectivity index (χ0v) is 13.4. The zero-order valence-electron chi connectivity index (χ0n) is 12.6. The fourth-order valence-electron chi connectivity index (χ4n) is 2.09. The third-order valence-electron chi connectivity index (χ3n) is 3.14. The van der Waals surface area contributed by atoms with Crippen molar-refractivity contribution in [1.82, 2.24) is 9.97 Å². The Labute approximate surface area is 130 Å². The monoisotopic (exact) mass is 305 g/mol. The van der Waals surface area contributed by atoms with Gasteiger partial charge < -0.3 is 9.64 Å². The molecule has 2 aromatic rings. The van der Waals surface area contributed by atoms with Crippen LogP contribution in [0.5, 0.6) is 5.75 Å². The number of benzene rings is 1. The summed E-state index contributed by atoms with van der Waals surface area (Å²) in [7, 11) is 0. The second-order valence-corrected chi connectivity index (χ2v) is 5.14. The van der Waals surface area contributed by atoms with Crippen LogP contribution in [0.3, 0.4) is 0 Å². The Bertz CT molecular complexity index is 600. The van der Waals surface area contributed by atoms with Crippen LogP contribution >= 0.6 is 11.6 Å². The standard InChI is InChI=1S/C16H20ClN3O/c1-4-20(5-2)16-9-12(3)18-15(19-16)11-21-14-8-6-7-13(17)10-14/h6-10H,4-5,11H2,1-3H3. The summed E-state index contributed by atoms with van der Waals surface area (Å²) in [6.45, 7) is 8.36. The van der Waals surface area contributed by atoms with Gasteiger partial charge in [0.15, 0.2) is 5.82 Å². The number of nitrogens with zero attached hydrogens (tertiary/aromatic N) is 3. The summed E-state index contributed by atoms with van der Waals surface area (Å²) < 4.78 is 5.70. The van der Waals surface area contributed by atoms with Crippen molar-refractivity contribution in [3.63, 3.8) is 0 Å². The van der Waals surface area contributed by atoms with Gasteiger partial charge in [0, 0.05) is 29.9 Å². The highest BCUT2D eigenvalue weighted by molar-refractivity contribution is 6.30. The van der Waals surface area contributed by atoms with Crippen LogP contribution in [0.25, 0.3) is 0 Å². The number of aromatic nitrogens is 2. The molecule has 0 N–H and O–H groups in total. The molecule has 112 valence electrons. The van der Waals surface area contributed by atoms with Crippen LogP contribution in [0.15, 0.2) is 30.3 Å². The topological polar surface area (TPSA) is 38.2 Å². The van der Waals surface area contributed by atoms with Gasteiger partial charge in [-0.25, -0.2) is 9.97 Å². The van der Waals surface area contributed by atoms with Crippen molar-refractivity contribution >= 4 is 17.4 Å². The third-order valence-corrected chi connectivity index (χ3v) is 3.37. The quantitative estimate of drug-likeness (QED) is 0.812. The lowest BCUT2D eigenvalue weighted by molar-refractivity contribution is 0.295. The minimum atomic E-state index is 0.330. The fraction of sp³-hybridized carbons (Fsp3) is 0.375. The molecule has 0 aliphatic rings. The highest BCUT2D eigenvalue weighted by Crippen LogP contribution is 2.18. The Morgan fingerprint density at radius 1 is 1.14 bits per heavy atom. The minimum Gasteiger partial charge on any atom is -0.486 e. The largest absolute Gasteiger partial charge is 0.486 e. The van der Waals surface area contributed by atoms with Crippen LogP contribution in [0.1, 0.15) is 25.4 Å². The summed E-state index contributed by atoms with van der Waals surface area (Å²) in [6, 6.07) is 9.32. The predicted octanol–water partition coefficient (Wildman–Crippen LogP) is 3.86. The summed E-state index contributed by atoms with van der Waals surface area (Å²) >= 11 is 5.94. The summed E-state index contributed by atoms with van der Waals surface area (Å²) in [6.07, 6.45) is 0. The Hall–Kier alpha value is -1.81. The Kier molecular flexibility index (Phi) is 5.39. The molecule has 0 atom stereocenters. The van der Waals surface area contributed by atoms with E-state index in [9.17, 15) is 0 Å². The molecule has 2 rings (SSSR count). The predicted molar refractivity (Wildman–Crippen MR) is 86.1 cm³/mol. The molecule has 21 heavy (non-hydrogen) atoms. The van der Waals surface area contributed by atoms with E-state index in [-0.39, 0.29) is 0 Å². The molecule has 0 fully saturated rings. The van der Waals surface area contributed by atoms with Crippen LogP contribution in [0.4, 0.5) is 5.82 Å². The number of rotatable bonds is 6. The lowest BCUT2D eigenvalue weighted by Crippen LogP contribution is -2.24. The minimum absolute atomic E-state index is 0.330. The normalized spacial score (nSPS) is 10.5. The van der Waals surface area contributed by atoms with Gasteiger partial charge in [-0.1, -0.05) is 17.7 Å². The molecule has 0 bridgehead atoms. The molecule has 1 aromatic carbocycles. The Balaban J connectivity index is 2.13. The first-order chi connectivity index (χ1) is 10.1. The summed E-state index contributed by atoms with van der Waals surface area (Å²) in [5.41, 5.74) is 0.941. The number of aryl methyl sites for hydroxylation is 1. The molecule has 0 radical (unpaired) electrons. The first kappa shape index (κ1) is 15.6. The highest BCUT2D eigenvalue weighted by Gasteiger charge is 2.08. The molecule has 0 saturated heterocycles. The van der Waals surface area contributed by atoms with Crippen molar-refractivity contribution in [3.05, 3.63) is 46.9 Å². The molecule has 0 amide bonds. The average Bonchev–Trinajstić information content (AvgIpc) is 2.46. The van der Waals surface area contributed by atoms with E-state index in [1.165, 1.54) is 0 Å².